The monoisotopic (exact) mass is 1030 g/mol. The molecule has 2 fully saturated rings. The number of nitrogens with zero attached hydrogens (tertiary/aromatic N) is 2. The molecule has 0 radical (unpaired) electrons. The second-order valence-electron chi connectivity index (χ2n) is 24.5. The van der Waals surface area contributed by atoms with Crippen LogP contribution in [0.2, 0.25) is 6.04 Å². The molecule has 0 saturated carbocycles. The van der Waals surface area contributed by atoms with Crippen LogP contribution in [0.15, 0.2) is 91.0 Å². The van der Waals surface area contributed by atoms with Gasteiger partial charge in [-0.05, 0) is 153 Å². The molecule has 0 bridgehead atoms. The minimum absolute atomic E-state index is 0.289. The molecule has 11 nitrogen and oxygen atoms in total. The van der Waals surface area contributed by atoms with Crippen LogP contribution in [0, 0.1) is 0 Å². The van der Waals surface area contributed by atoms with Gasteiger partial charge in [-0.3, -0.25) is 0 Å². The average Bonchev–Trinajstić information content (AvgIpc) is 3.59. The number of benzene rings is 5. The fourth-order valence-corrected chi connectivity index (χ4v) is 15.5. The van der Waals surface area contributed by atoms with E-state index in [-0.39, 0.29) is 5.41 Å². The molecule has 3 heterocycles. The van der Waals surface area contributed by atoms with Crippen molar-refractivity contribution < 1.29 is 41.7 Å². The molecule has 5 aromatic carbocycles. The van der Waals surface area contributed by atoms with Crippen LogP contribution >= 0.6 is 0 Å². The predicted octanol–water partition coefficient (Wildman–Crippen LogP) is 13.1. The Morgan fingerprint density at radius 3 is 1.80 bits per heavy atom. The third-order valence-electron chi connectivity index (χ3n) is 14.4. The Morgan fingerprint density at radius 1 is 0.649 bits per heavy atom. The molecule has 74 heavy (non-hydrogen) atoms. The van der Waals surface area contributed by atoms with Crippen LogP contribution < -0.4 is 24.0 Å². The zero-order valence-electron chi connectivity index (χ0n) is 46.8. The van der Waals surface area contributed by atoms with Gasteiger partial charge in [0, 0.05) is 65.4 Å². The summed E-state index contributed by atoms with van der Waals surface area (Å²) in [5, 5.41) is 2.16. The van der Waals surface area contributed by atoms with Crippen molar-refractivity contribution in [2.24, 2.45) is 0 Å². The highest BCUT2D eigenvalue weighted by Crippen LogP contribution is 2.59. The molecule has 1 atom stereocenters. The Kier molecular flexibility index (Phi) is 15.0. The highest BCUT2D eigenvalue weighted by atomic mass is 28.4. The third kappa shape index (κ3) is 11.4. The molecule has 0 N–H and O–H groups in total. The van der Waals surface area contributed by atoms with E-state index in [2.05, 4.69) is 185 Å². The summed E-state index contributed by atoms with van der Waals surface area (Å²) < 4.78 is 58.9. The zero-order valence-corrected chi connectivity index (χ0v) is 47.8. The molecule has 9 rings (SSSR count). The van der Waals surface area contributed by atoms with Gasteiger partial charge in [-0.2, -0.15) is 0 Å². The Bertz CT molecular complexity index is 2770. The summed E-state index contributed by atoms with van der Waals surface area (Å²) in [6.45, 7) is 34.3. The molecule has 0 spiro atoms. The van der Waals surface area contributed by atoms with Gasteiger partial charge in [0.2, 0.25) is 0 Å². The smallest absolute Gasteiger partial charge is 0.495 e. The number of hydrogen-bond donors (Lipinski definition) is 0. The molecule has 4 aliphatic rings. The second-order valence-corrected chi connectivity index (χ2v) is 26.9. The number of methoxy groups -OCH3 is 1. The summed E-state index contributed by atoms with van der Waals surface area (Å²) in [6.07, 6.45) is 5.27. The third-order valence-corrected chi connectivity index (χ3v) is 18.0. The normalized spacial score (nSPS) is 19.0. The number of anilines is 2. The molecule has 2 saturated heterocycles. The molecule has 1 unspecified atom stereocenters. The fourth-order valence-electron chi connectivity index (χ4n) is 11.3. The fraction of sp³-hybridized carbons (Fsp3) is 0.516. The van der Waals surface area contributed by atoms with Crippen molar-refractivity contribution in [2.75, 3.05) is 82.7 Å². The largest absolute Gasteiger partial charge is 0.502 e. The van der Waals surface area contributed by atoms with Gasteiger partial charge >= 0.3 is 8.80 Å². The van der Waals surface area contributed by atoms with Crippen LogP contribution in [-0.2, 0) is 38.5 Å². The van der Waals surface area contributed by atoms with Gasteiger partial charge in [0.05, 0.1) is 68.2 Å². The molecular weight excluding hydrogens is 945 g/mol. The van der Waals surface area contributed by atoms with E-state index in [1.807, 2.05) is 12.1 Å². The van der Waals surface area contributed by atoms with Crippen LogP contribution in [-0.4, -0.2) is 104 Å². The van der Waals surface area contributed by atoms with E-state index in [0.717, 1.165) is 89.8 Å². The summed E-state index contributed by atoms with van der Waals surface area (Å²) in [7, 11) is -1.42. The van der Waals surface area contributed by atoms with Gasteiger partial charge < -0.3 is 51.5 Å². The molecule has 1 aliphatic carbocycles. The van der Waals surface area contributed by atoms with Crippen LogP contribution in [0.3, 0.4) is 0 Å². The van der Waals surface area contributed by atoms with Gasteiger partial charge in [-0.25, -0.2) is 0 Å². The van der Waals surface area contributed by atoms with Gasteiger partial charge in [-0.1, -0.05) is 68.5 Å². The van der Waals surface area contributed by atoms with Crippen LogP contribution in [0.5, 0.6) is 17.2 Å². The number of hydrogen-bond acceptors (Lipinski definition) is 11. The molecule has 398 valence electrons. The maximum Gasteiger partial charge on any atom is 0.502 e. The minimum Gasteiger partial charge on any atom is -0.495 e. The van der Waals surface area contributed by atoms with Crippen molar-refractivity contribution in [3.8, 4) is 28.4 Å². The van der Waals surface area contributed by atoms with E-state index in [0.29, 0.717) is 38.9 Å². The van der Waals surface area contributed by atoms with Crippen LogP contribution in [0.4, 0.5) is 11.4 Å². The minimum atomic E-state index is -3.19. The topological polar surface area (TPSA) is 89.6 Å². The molecule has 0 amide bonds. The Morgan fingerprint density at radius 2 is 1.22 bits per heavy atom. The Hall–Kier alpha value is -4.92. The summed E-state index contributed by atoms with van der Waals surface area (Å²) in [5.41, 5.74) is 7.33. The maximum absolute atomic E-state index is 7.80. The maximum atomic E-state index is 7.80. The van der Waals surface area contributed by atoms with E-state index in [4.69, 9.17) is 41.7 Å². The second kappa shape index (κ2) is 20.6. The van der Waals surface area contributed by atoms with Crippen molar-refractivity contribution in [1.82, 2.24) is 0 Å². The quantitative estimate of drug-likeness (QED) is 0.0699. The first-order chi connectivity index (χ1) is 34.9. The van der Waals surface area contributed by atoms with Crippen molar-refractivity contribution in [3.63, 3.8) is 0 Å². The van der Waals surface area contributed by atoms with E-state index >= 15 is 0 Å². The first-order valence-corrected chi connectivity index (χ1v) is 28.8. The van der Waals surface area contributed by atoms with E-state index in [9.17, 15) is 0 Å². The lowest BCUT2D eigenvalue weighted by molar-refractivity contribution is -0.0823. The van der Waals surface area contributed by atoms with E-state index in [1.165, 1.54) is 27.9 Å². The number of fused-ring (bicyclic) bond motifs is 8. The molecule has 3 aliphatic heterocycles. The number of ether oxygens (including phenoxy) is 6. The van der Waals surface area contributed by atoms with Crippen molar-refractivity contribution >= 4 is 37.0 Å². The lowest BCUT2D eigenvalue weighted by Gasteiger charge is -2.44. The Labute approximate surface area is 442 Å². The van der Waals surface area contributed by atoms with Crippen LogP contribution in [0.1, 0.15) is 124 Å². The molecular formula is C62H82N2O9Si. The van der Waals surface area contributed by atoms with Crippen molar-refractivity contribution in [3.05, 3.63) is 119 Å². The zero-order chi connectivity index (χ0) is 52.9. The molecule has 0 aromatic heterocycles. The van der Waals surface area contributed by atoms with Crippen LogP contribution in [0.25, 0.3) is 28.0 Å². The standard InChI is InChI=1S/C62H82N2O9Si/c1-57(2,3)71-74(72-58(4,5)6,73-59(7,8)9)40-29-60(10,11)69-39-38-68-46-25-21-44(22-26-46)62(43-19-23-45(24-20-43)63-30-34-66-35-31-63)28-27-48-55-54(47-17-15-16-18-51(47)61(55,12)13)49-41-52(64-32-36-67-37-33-64)53(65-14)42-50(49)56(48)70-62/h15-28,41-42H,29-40H2,1-14H3. The van der Waals surface area contributed by atoms with E-state index in [1.54, 1.807) is 7.11 Å². The van der Waals surface area contributed by atoms with Gasteiger partial charge in [0.15, 0.2) is 5.60 Å². The summed E-state index contributed by atoms with van der Waals surface area (Å²) >= 11 is 0. The predicted molar refractivity (Wildman–Crippen MR) is 301 cm³/mol. The molecule has 12 heteroatoms. The lowest BCUT2D eigenvalue weighted by atomic mass is 9.76. The first kappa shape index (κ1) is 53.9. The summed E-state index contributed by atoms with van der Waals surface area (Å²) in [5.74, 6) is 2.40. The van der Waals surface area contributed by atoms with Gasteiger partial charge in [0.25, 0.3) is 0 Å². The highest BCUT2D eigenvalue weighted by Gasteiger charge is 2.51. The number of rotatable bonds is 16. The van der Waals surface area contributed by atoms with Crippen molar-refractivity contribution in [1.29, 1.82) is 0 Å². The molecule has 5 aromatic rings. The van der Waals surface area contributed by atoms with Crippen molar-refractivity contribution in [2.45, 2.75) is 136 Å². The summed E-state index contributed by atoms with van der Waals surface area (Å²) in [4.78, 5) is 4.78. The van der Waals surface area contributed by atoms with Gasteiger partial charge in [0.1, 0.15) is 23.9 Å². The number of morpholine rings is 2. The Balaban J connectivity index is 1.03. The van der Waals surface area contributed by atoms with E-state index < -0.39 is 36.8 Å². The lowest BCUT2D eigenvalue weighted by Crippen LogP contribution is -2.57. The van der Waals surface area contributed by atoms with Gasteiger partial charge in [-0.15, -0.1) is 0 Å². The summed E-state index contributed by atoms with van der Waals surface area (Å²) in [6, 6.07) is 31.3. The average molecular weight is 1030 g/mol. The highest BCUT2D eigenvalue weighted by molar-refractivity contribution is 6.61. The SMILES string of the molecule is COc1cc2c3c(c4c(c2cc1N1CCOCC1)-c1ccccc1C4(C)C)C=CC(c1ccc(OCCOC(C)(C)CC[Si](OC(C)(C)C)(OC(C)(C)C)OC(C)(C)C)cc1)(c1ccc(N2CCOCC2)cc1)O3. The first-order valence-electron chi connectivity index (χ1n) is 26.8.